The van der Waals surface area contributed by atoms with Crippen LogP contribution < -0.4 is 14.8 Å². The fourth-order valence-corrected chi connectivity index (χ4v) is 3.33. The summed E-state index contributed by atoms with van der Waals surface area (Å²) in [6.07, 6.45) is -4.73. The largest absolute Gasteiger partial charge is 0.493 e. The van der Waals surface area contributed by atoms with Crippen LogP contribution in [0.4, 0.5) is 18.9 Å². The molecule has 33 heavy (non-hydrogen) atoms. The van der Waals surface area contributed by atoms with E-state index < -0.39 is 17.8 Å². The van der Waals surface area contributed by atoms with Crippen LogP contribution >= 0.6 is 0 Å². The van der Waals surface area contributed by atoms with Gasteiger partial charge < -0.3 is 14.8 Å². The molecule has 4 aromatic rings. The number of aromatic nitrogens is 3. The smallest absolute Gasteiger partial charge is 0.433 e. The molecule has 0 unspecified atom stereocenters. The average molecular weight is 456 g/mol. The number of halogens is 3. The standard InChI is InChI=1S/C23H19F3N4O3/c1-13-6-4-5-7-15(13)28-22(31)17-12-21-27-16(11-20(23(24,25)26)30(21)29-17)14-8-9-18(32-2)19(10-14)33-3/h4-12H,1-3H3,(H,28,31). The maximum absolute atomic E-state index is 13.9. The molecule has 4 rings (SSSR count). The molecule has 1 amide bonds. The number of fused-ring (bicyclic) bond motifs is 1. The molecule has 0 spiro atoms. The Morgan fingerprint density at radius 2 is 1.73 bits per heavy atom. The van der Waals surface area contributed by atoms with Gasteiger partial charge in [0.1, 0.15) is 0 Å². The van der Waals surface area contributed by atoms with Gasteiger partial charge in [0.15, 0.2) is 28.5 Å². The van der Waals surface area contributed by atoms with Crippen LogP contribution in [-0.2, 0) is 6.18 Å². The Balaban J connectivity index is 1.81. The molecule has 0 saturated carbocycles. The second-order valence-electron chi connectivity index (χ2n) is 7.16. The first-order chi connectivity index (χ1) is 15.7. The van der Waals surface area contributed by atoms with E-state index in [1.807, 2.05) is 6.07 Å². The van der Waals surface area contributed by atoms with E-state index in [1.54, 1.807) is 37.3 Å². The lowest BCUT2D eigenvalue weighted by molar-refractivity contribution is -0.142. The van der Waals surface area contributed by atoms with E-state index in [0.29, 0.717) is 27.3 Å². The minimum absolute atomic E-state index is 0.0431. The quantitative estimate of drug-likeness (QED) is 0.458. The topological polar surface area (TPSA) is 77.8 Å². The first kappa shape index (κ1) is 22.1. The predicted octanol–water partition coefficient (Wildman–Crippen LogP) is 4.99. The zero-order valence-corrected chi connectivity index (χ0v) is 17.9. The minimum Gasteiger partial charge on any atom is -0.493 e. The highest BCUT2D eigenvalue weighted by atomic mass is 19.4. The van der Waals surface area contributed by atoms with Crippen molar-refractivity contribution in [1.29, 1.82) is 0 Å². The zero-order chi connectivity index (χ0) is 23.8. The second kappa shape index (κ2) is 8.45. The number of benzene rings is 2. The number of rotatable bonds is 5. The van der Waals surface area contributed by atoms with E-state index in [4.69, 9.17) is 9.47 Å². The summed E-state index contributed by atoms with van der Waals surface area (Å²) >= 11 is 0. The van der Waals surface area contributed by atoms with Gasteiger partial charge in [-0.1, -0.05) is 18.2 Å². The van der Waals surface area contributed by atoms with Crippen molar-refractivity contribution in [3.8, 4) is 22.8 Å². The number of hydrogen-bond acceptors (Lipinski definition) is 5. The van der Waals surface area contributed by atoms with E-state index in [9.17, 15) is 18.0 Å². The molecule has 0 fully saturated rings. The van der Waals surface area contributed by atoms with Gasteiger partial charge >= 0.3 is 6.18 Å². The third kappa shape index (κ3) is 4.32. The number of amides is 1. The van der Waals surface area contributed by atoms with Gasteiger partial charge in [-0.05, 0) is 42.8 Å². The maximum Gasteiger partial charge on any atom is 0.433 e. The number of nitrogens with zero attached hydrogens (tertiary/aromatic N) is 3. The van der Waals surface area contributed by atoms with Crippen molar-refractivity contribution in [1.82, 2.24) is 14.6 Å². The van der Waals surface area contributed by atoms with Gasteiger partial charge in [0.05, 0.1) is 19.9 Å². The molecule has 0 aliphatic rings. The van der Waals surface area contributed by atoms with E-state index in [1.165, 1.54) is 26.4 Å². The van der Waals surface area contributed by atoms with Crippen molar-refractivity contribution in [3.63, 3.8) is 0 Å². The number of carbonyl (C=O) groups excluding carboxylic acids is 1. The van der Waals surface area contributed by atoms with Crippen molar-refractivity contribution >= 4 is 17.2 Å². The molecule has 170 valence electrons. The minimum atomic E-state index is -4.73. The SMILES string of the molecule is COc1ccc(-c2cc(C(F)(F)F)n3nc(C(=O)Nc4ccccc4C)cc3n2)cc1OC. The first-order valence-electron chi connectivity index (χ1n) is 9.78. The summed E-state index contributed by atoms with van der Waals surface area (Å²) in [4.78, 5) is 17.0. The van der Waals surface area contributed by atoms with Gasteiger partial charge in [0.2, 0.25) is 0 Å². The molecular formula is C23H19F3N4O3. The Morgan fingerprint density at radius 1 is 1.00 bits per heavy atom. The molecule has 1 N–H and O–H groups in total. The van der Waals surface area contributed by atoms with Gasteiger partial charge in [-0.2, -0.15) is 18.3 Å². The molecule has 0 saturated heterocycles. The molecule has 2 heterocycles. The van der Waals surface area contributed by atoms with Crippen molar-refractivity contribution in [2.75, 3.05) is 19.5 Å². The van der Waals surface area contributed by atoms with Gasteiger partial charge in [-0.15, -0.1) is 0 Å². The van der Waals surface area contributed by atoms with Crippen LogP contribution in [-0.4, -0.2) is 34.7 Å². The summed E-state index contributed by atoms with van der Waals surface area (Å²) in [5, 5.41) is 6.54. The molecule has 2 aromatic heterocycles. The highest BCUT2D eigenvalue weighted by molar-refractivity contribution is 6.03. The Morgan fingerprint density at radius 3 is 2.39 bits per heavy atom. The highest BCUT2D eigenvalue weighted by Gasteiger charge is 2.35. The molecule has 0 bridgehead atoms. The number of anilines is 1. The van der Waals surface area contributed by atoms with Gasteiger partial charge in [0.25, 0.3) is 5.91 Å². The molecule has 0 aliphatic carbocycles. The summed E-state index contributed by atoms with van der Waals surface area (Å²) in [6.45, 7) is 1.80. The number of nitrogens with one attached hydrogen (secondary N) is 1. The molecule has 10 heteroatoms. The second-order valence-corrected chi connectivity index (χ2v) is 7.16. The number of methoxy groups -OCH3 is 2. The molecule has 0 radical (unpaired) electrons. The molecular weight excluding hydrogens is 437 g/mol. The fourth-order valence-electron chi connectivity index (χ4n) is 3.33. The van der Waals surface area contributed by atoms with Crippen molar-refractivity contribution in [2.45, 2.75) is 13.1 Å². The highest BCUT2D eigenvalue weighted by Crippen LogP contribution is 2.35. The fraction of sp³-hybridized carbons (Fsp3) is 0.174. The summed E-state index contributed by atoms with van der Waals surface area (Å²) in [7, 11) is 2.88. The molecule has 0 atom stereocenters. The van der Waals surface area contributed by atoms with E-state index in [-0.39, 0.29) is 17.0 Å². The number of hydrogen-bond donors (Lipinski definition) is 1. The van der Waals surface area contributed by atoms with E-state index >= 15 is 0 Å². The lowest BCUT2D eigenvalue weighted by atomic mass is 10.1. The van der Waals surface area contributed by atoms with Crippen LogP contribution in [0.5, 0.6) is 11.5 Å². The summed E-state index contributed by atoms with van der Waals surface area (Å²) < 4.78 is 52.6. The van der Waals surface area contributed by atoms with E-state index in [2.05, 4.69) is 15.4 Å². The number of para-hydroxylation sites is 1. The predicted molar refractivity (Wildman–Crippen MR) is 116 cm³/mol. The van der Waals surface area contributed by atoms with Crippen molar-refractivity contribution in [2.24, 2.45) is 0 Å². The van der Waals surface area contributed by atoms with Crippen LogP contribution in [0.15, 0.2) is 54.6 Å². The third-order valence-electron chi connectivity index (χ3n) is 5.02. The van der Waals surface area contributed by atoms with Crippen molar-refractivity contribution in [3.05, 3.63) is 71.5 Å². The van der Waals surface area contributed by atoms with Gasteiger partial charge in [-0.3, -0.25) is 4.79 Å². The third-order valence-corrected chi connectivity index (χ3v) is 5.02. The molecule has 0 aliphatic heterocycles. The Labute approximate surface area is 186 Å². The summed E-state index contributed by atoms with van der Waals surface area (Å²) in [5.74, 6) is 0.130. The van der Waals surface area contributed by atoms with Crippen LogP contribution in [0.25, 0.3) is 16.9 Å². The lowest BCUT2D eigenvalue weighted by Gasteiger charge is -2.12. The van der Waals surface area contributed by atoms with Crippen LogP contribution in [0.1, 0.15) is 21.7 Å². The Hall–Kier alpha value is -4.08. The van der Waals surface area contributed by atoms with Crippen LogP contribution in [0, 0.1) is 6.92 Å². The zero-order valence-electron chi connectivity index (χ0n) is 17.9. The average Bonchev–Trinajstić information content (AvgIpc) is 3.23. The van der Waals surface area contributed by atoms with Gasteiger partial charge in [0, 0.05) is 17.3 Å². The normalized spacial score (nSPS) is 11.5. The number of ether oxygens (including phenoxy) is 2. The van der Waals surface area contributed by atoms with E-state index in [0.717, 1.165) is 11.6 Å². The van der Waals surface area contributed by atoms with Crippen LogP contribution in [0.2, 0.25) is 0 Å². The Bertz CT molecular complexity index is 1350. The number of carbonyl (C=O) groups is 1. The first-order valence-corrected chi connectivity index (χ1v) is 9.78. The molecule has 2 aromatic carbocycles. The Kier molecular flexibility index (Phi) is 5.67. The summed E-state index contributed by atoms with van der Waals surface area (Å²) in [6, 6.07) is 13.8. The number of alkyl halides is 3. The number of aryl methyl sites for hydroxylation is 1. The van der Waals surface area contributed by atoms with Crippen LogP contribution in [0.3, 0.4) is 0 Å². The lowest BCUT2D eigenvalue weighted by Crippen LogP contribution is -2.16. The summed E-state index contributed by atoms with van der Waals surface area (Å²) in [5.41, 5.74) is 0.390. The monoisotopic (exact) mass is 456 g/mol. The maximum atomic E-state index is 13.9. The molecule has 7 nitrogen and oxygen atoms in total. The van der Waals surface area contributed by atoms with Gasteiger partial charge in [-0.25, -0.2) is 9.50 Å². The van der Waals surface area contributed by atoms with Crippen molar-refractivity contribution < 1.29 is 27.4 Å².